The predicted octanol–water partition coefficient (Wildman–Crippen LogP) is 1.58. The summed E-state index contributed by atoms with van der Waals surface area (Å²) in [6.07, 6.45) is 7.99. The Morgan fingerprint density at radius 3 is 3.09 bits per heavy atom. The van der Waals surface area contributed by atoms with Crippen molar-refractivity contribution in [3.63, 3.8) is 0 Å². The summed E-state index contributed by atoms with van der Waals surface area (Å²) >= 11 is 0. The van der Waals surface area contributed by atoms with E-state index in [4.69, 9.17) is 4.74 Å². The molecule has 2 atom stereocenters. The number of nitrogens with zero attached hydrogens (tertiary/aromatic N) is 3. The molecule has 0 saturated heterocycles. The maximum atomic E-state index is 12.6. The van der Waals surface area contributed by atoms with E-state index < -0.39 is 5.92 Å². The molecule has 7 heteroatoms. The number of H-pyrrole nitrogens is 1. The van der Waals surface area contributed by atoms with E-state index in [1.165, 1.54) is 6.33 Å². The van der Waals surface area contributed by atoms with Gasteiger partial charge in [0.05, 0.1) is 6.61 Å². The van der Waals surface area contributed by atoms with Crippen LogP contribution < -0.4 is 10.3 Å². The van der Waals surface area contributed by atoms with Gasteiger partial charge in [0.1, 0.15) is 18.3 Å². The third-order valence-corrected chi connectivity index (χ3v) is 3.78. The fourth-order valence-corrected chi connectivity index (χ4v) is 2.87. The Kier molecular flexibility index (Phi) is 4.36. The molecule has 0 spiro atoms. The van der Waals surface area contributed by atoms with E-state index in [-0.39, 0.29) is 12.0 Å². The average molecular weight is 314 g/mol. The van der Waals surface area contributed by atoms with Gasteiger partial charge in [-0.1, -0.05) is 13.0 Å². The first kappa shape index (κ1) is 15.2. The van der Waals surface area contributed by atoms with Crippen LogP contribution in [0.5, 0.6) is 0 Å². The molecule has 0 aromatic carbocycles. The van der Waals surface area contributed by atoms with Gasteiger partial charge in [0.2, 0.25) is 5.95 Å². The van der Waals surface area contributed by atoms with Crippen molar-refractivity contribution in [1.29, 1.82) is 0 Å². The van der Waals surface area contributed by atoms with Gasteiger partial charge in [-0.25, -0.2) is 9.67 Å². The van der Waals surface area contributed by atoms with Crippen LogP contribution in [0.2, 0.25) is 0 Å². The number of rotatable bonds is 4. The number of anilines is 1. The van der Waals surface area contributed by atoms with E-state index in [0.29, 0.717) is 12.6 Å². The summed E-state index contributed by atoms with van der Waals surface area (Å²) in [7, 11) is 0. The number of allylic oxidation sites excluding steroid dienone is 1. The van der Waals surface area contributed by atoms with Gasteiger partial charge in [-0.15, -0.1) is 0 Å². The number of nitrogens with one attached hydrogen (secondary N) is 2. The number of esters is 1. The highest BCUT2D eigenvalue weighted by Crippen LogP contribution is 2.38. The van der Waals surface area contributed by atoms with Crippen LogP contribution in [-0.4, -0.2) is 27.3 Å². The molecule has 0 amide bonds. The molecule has 2 unspecified atom stereocenters. The van der Waals surface area contributed by atoms with Crippen molar-refractivity contribution in [2.45, 2.75) is 26.3 Å². The van der Waals surface area contributed by atoms with E-state index in [9.17, 15) is 4.79 Å². The number of hydrogen-bond donors (Lipinski definition) is 1. The van der Waals surface area contributed by atoms with Crippen molar-refractivity contribution in [2.75, 3.05) is 11.9 Å². The molecule has 120 valence electrons. The minimum absolute atomic E-state index is 0.269. The molecule has 1 aliphatic heterocycles. The number of aromatic amines is 1. The molecular formula is C16H20N5O2+. The van der Waals surface area contributed by atoms with Crippen LogP contribution in [0.15, 0.2) is 42.6 Å². The van der Waals surface area contributed by atoms with E-state index in [0.717, 1.165) is 17.7 Å². The number of carbonyl (C=O) groups is 1. The summed E-state index contributed by atoms with van der Waals surface area (Å²) in [5.41, 5.74) is 1.75. The molecule has 2 aromatic rings. The fourth-order valence-electron chi connectivity index (χ4n) is 2.87. The second kappa shape index (κ2) is 6.60. The minimum Gasteiger partial charge on any atom is -0.465 e. The first-order valence-electron chi connectivity index (χ1n) is 7.75. The minimum atomic E-state index is -0.486. The Morgan fingerprint density at radius 2 is 2.39 bits per heavy atom. The maximum absolute atomic E-state index is 12.6. The summed E-state index contributed by atoms with van der Waals surface area (Å²) < 4.78 is 7.04. The van der Waals surface area contributed by atoms with Gasteiger partial charge in [-0.3, -0.25) is 4.79 Å². The lowest BCUT2D eigenvalue weighted by Crippen LogP contribution is -2.38. The highest BCUT2D eigenvalue weighted by atomic mass is 16.5. The topological polar surface area (TPSA) is 83.2 Å². The summed E-state index contributed by atoms with van der Waals surface area (Å²) in [6.45, 7) is 4.18. The lowest BCUT2D eigenvalue weighted by Gasteiger charge is -2.33. The lowest BCUT2D eigenvalue weighted by molar-refractivity contribution is -0.379. The van der Waals surface area contributed by atoms with Crippen molar-refractivity contribution >= 4 is 11.9 Å². The SMILES string of the molecule is CCC=C1Nc2ncnn2C(c2ccc[nH+]c2)C1C(=O)OCC. The van der Waals surface area contributed by atoms with Gasteiger partial charge in [0.15, 0.2) is 12.4 Å². The molecular weight excluding hydrogens is 294 g/mol. The summed E-state index contributed by atoms with van der Waals surface area (Å²) in [5, 5.41) is 7.50. The quantitative estimate of drug-likeness (QED) is 0.866. The second-order valence-corrected chi connectivity index (χ2v) is 5.23. The lowest BCUT2D eigenvalue weighted by atomic mass is 9.89. The van der Waals surface area contributed by atoms with Crippen molar-refractivity contribution in [2.24, 2.45) is 5.92 Å². The van der Waals surface area contributed by atoms with Crippen molar-refractivity contribution in [3.8, 4) is 0 Å². The van der Waals surface area contributed by atoms with Gasteiger partial charge in [0, 0.05) is 17.3 Å². The smallest absolute Gasteiger partial charge is 0.317 e. The summed E-state index contributed by atoms with van der Waals surface area (Å²) in [6, 6.07) is 3.57. The van der Waals surface area contributed by atoms with Gasteiger partial charge in [0.25, 0.3) is 0 Å². The van der Waals surface area contributed by atoms with E-state index in [1.807, 2.05) is 44.4 Å². The highest BCUT2D eigenvalue weighted by molar-refractivity contribution is 5.79. The second-order valence-electron chi connectivity index (χ2n) is 5.23. The van der Waals surface area contributed by atoms with Gasteiger partial charge < -0.3 is 10.1 Å². The molecule has 23 heavy (non-hydrogen) atoms. The van der Waals surface area contributed by atoms with Crippen LogP contribution in [0.25, 0.3) is 0 Å². The van der Waals surface area contributed by atoms with E-state index in [1.54, 1.807) is 4.68 Å². The Bertz CT molecular complexity index is 710. The first-order chi connectivity index (χ1) is 11.3. The van der Waals surface area contributed by atoms with Crippen LogP contribution in [0.4, 0.5) is 5.95 Å². The van der Waals surface area contributed by atoms with Gasteiger partial charge in [-0.05, 0) is 19.4 Å². The average Bonchev–Trinajstić information content (AvgIpc) is 3.03. The zero-order valence-electron chi connectivity index (χ0n) is 13.2. The molecule has 2 aromatic heterocycles. The van der Waals surface area contributed by atoms with Crippen LogP contribution >= 0.6 is 0 Å². The first-order valence-corrected chi connectivity index (χ1v) is 7.75. The number of ether oxygens (including phenoxy) is 1. The third-order valence-electron chi connectivity index (χ3n) is 3.78. The van der Waals surface area contributed by atoms with Crippen molar-refractivity contribution in [1.82, 2.24) is 14.8 Å². The Hall–Kier alpha value is -2.70. The zero-order valence-corrected chi connectivity index (χ0v) is 13.2. The monoisotopic (exact) mass is 314 g/mol. The molecule has 7 nitrogen and oxygen atoms in total. The molecule has 1 aliphatic rings. The Balaban J connectivity index is 2.13. The highest BCUT2D eigenvalue weighted by Gasteiger charge is 2.41. The van der Waals surface area contributed by atoms with Crippen LogP contribution in [-0.2, 0) is 9.53 Å². The van der Waals surface area contributed by atoms with E-state index in [2.05, 4.69) is 20.4 Å². The molecule has 0 radical (unpaired) electrons. The van der Waals surface area contributed by atoms with E-state index >= 15 is 0 Å². The summed E-state index contributed by atoms with van der Waals surface area (Å²) in [4.78, 5) is 19.9. The van der Waals surface area contributed by atoms with Crippen LogP contribution in [0.1, 0.15) is 31.9 Å². The van der Waals surface area contributed by atoms with Crippen molar-refractivity contribution in [3.05, 3.63) is 48.2 Å². The molecule has 0 aliphatic carbocycles. The number of carbonyl (C=O) groups excluding carboxylic acids is 1. The van der Waals surface area contributed by atoms with Crippen molar-refractivity contribution < 1.29 is 14.5 Å². The normalized spacial score (nSPS) is 21.6. The van der Waals surface area contributed by atoms with Gasteiger partial charge >= 0.3 is 5.97 Å². The van der Waals surface area contributed by atoms with Gasteiger partial charge in [-0.2, -0.15) is 10.1 Å². The molecule has 0 fully saturated rings. The number of hydrogen-bond acceptors (Lipinski definition) is 5. The number of aromatic nitrogens is 4. The fraction of sp³-hybridized carbons (Fsp3) is 0.375. The largest absolute Gasteiger partial charge is 0.465 e. The third kappa shape index (κ3) is 2.81. The number of fused-ring (bicyclic) bond motifs is 1. The molecule has 2 N–H and O–H groups in total. The molecule has 3 rings (SSSR count). The molecule has 3 heterocycles. The van der Waals surface area contributed by atoms with Crippen LogP contribution in [0.3, 0.4) is 0 Å². The Morgan fingerprint density at radius 1 is 1.52 bits per heavy atom. The Labute approximate surface area is 134 Å². The standard InChI is InChI=1S/C16H19N5O2/c1-3-6-12-13(15(22)23-4-2)14(11-7-5-8-17-9-11)21-16(20-12)18-10-19-21/h5-10,13-14H,3-4H2,1-2H3,(H,18,19,20)/p+1. The number of pyridine rings is 1. The summed E-state index contributed by atoms with van der Waals surface area (Å²) in [5.74, 6) is -0.131. The molecule has 0 bridgehead atoms. The predicted molar refractivity (Wildman–Crippen MR) is 83.3 cm³/mol. The molecule has 0 saturated carbocycles. The van der Waals surface area contributed by atoms with Crippen LogP contribution in [0, 0.1) is 5.92 Å². The maximum Gasteiger partial charge on any atom is 0.317 e. The zero-order chi connectivity index (χ0) is 16.2.